The van der Waals surface area contributed by atoms with Gasteiger partial charge in [0.2, 0.25) is 5.69 Å². The Labute approximate surface area is 240 Å². The molecule has 0 radical (unpaired) electrons. The SMILES string of the molecule is O=C(O)c1cc([N+](=O)[O-])c(N=C=S)c([N+](=O)[O-])c1.O=C1OC(c2ccc(O)cc2)(c2ccc(O)cc2)c2ccccc21. The quantitative estimate of drug-likeness (QED) is 0.0845. The fraction of sp³-hybridized carbons (Fsp3) is 0.0357. The van der Waals surface area contributed by atoms with E-state index in [4.69, 9.17) is 9.84 Å². The molecule has 0 spiro atoms. The highest BCUT2D eigenvalue weighted by Gasteiger charge is 2.48. The van der Waals surface area contributed by atoms with Gasteiger partial charge in [-0.2, -0.15) is 4.99 Å². The number of carbonyl (C=O) groups is 2. The van der Waals surface area contributed by atoms with Crippen LogP contribution in [0.3, 0.4) is 0 Å². The van der Waals surface area contributed by atoms with E-state index in [-0.39, 0.29) is 11.5 Å². The minimum Gasteiger partial charge on any atom is -0.508 e. The van der Waals surface area contributed by atoms with Gasteiger partial charge >= 0.3 is 23.3 Å². The minimum absolute atomic E-state index is 0.136. The van der Waals surface area contributed by atoms with Gasteiger partial charge in [0.25, 0.3) is 0 Å². The van der Waals surface area contributed by atoms with Crippen molar-refractivity contribution >= 4 is 46.4 Å². The molecule has 0 bridgehead atoms. The van der Waals surface area contributed by atoms with Crippen LogP contribution in [0, 0.1) is 20.2 Å². The number of fused-ring (bicyclic) bond motifs is 1. The number of aromatic hydroxyl groups is 2. The second-order valence-corrected chi connectivity index (χ2v) is 8.78. The van der Waals surface area contributed by atoms with Crippen LogP contribution in [0.4, 0.5) is 17.1 Å². The molecule has 0 atom stereocenters. The van der Waals surface area contributed by atoms with Gasteiger partial charge in [-0.3, -0.25) is 20.2 Å². The maximum absolute atomic E-state index is 12.4. The third kappa shape index (κ3) is 5.38. The molecule has 0 fully saturated rings. The van der Waals surface area contributed by atoms with Gasteiger partial charge in [0.1, 0.15) is 11.5 Å². The van der Waals surface area contributed by atoms with Gasteiger partial charge in [-0.25, -0.2) is 9.59 Å². The monoisotopic (exact) mass is 587 g/mol. The molecule has 4 aromatic rings. The number of cyclic esters (lactones) is 1. The Hall–Kier alpha value is -5.98. The van der Waals surface area contributed by atoms with Crippen LogP contribution in [-0.4, -0.2) is 42.3 Å². The molecule has 0 aliphatic carbocycles. The molecule has 0 saturated heterocycles. The number of nitrogens with zero attached hydrogens (tertiary/aromatic N) is 3. The topological polar surface area (TPSA) is 203 Å². The number of aliphatic imine (C=N–C) groups is 1. The van der Waals surface area contributed by atoms with Crippen LogP contribution in [0.2, 0.25) is 0 Å². The Balaban J connectivity index is 0.000000202. The molecule has 0 aromatic heterocycles. The number of isothiocyanates is 1. The van der Waals surface area contributed by atoms with E-state index in [0.717, 1.165) is 16.7 Å². The van der Waals surface area contributed by atoms with E-state index >= 15 is 0 Å². The first-order valence-corrected chi connectivity index (χ1v) is 12.1. The van der Waals surface area contributed by atoms with Crippen LogP contribution in [0.25, 0.3) is 0 Å². The van der Waals surface area contributed by atoms with Gasteiger partial charge in [0, 0.05) is 28.8 Å². The molecular formula is C28H17N3O10S. The van der Waals surface area contributed by atoms with Gasteiger partial charge in [0.05, 0.1) is 26.1 Å². The van der Waals surface area contributed by atoms with Gasteiger partial charge < -0.3 is 20.1 Å². The summed E-state index contributed by atoms with van der Waals surface area (Å²) in [4.78, 5) is 45.9. The van der Waals surface area contributed by atoms with E-state index in [9.17, 15) is 40.0 Å². The Morgan fingerprint density at radius 3 is 1.76 bits per heavy atom. The number of esters is 1. The van der Waals surface area contributed by atoms with Crippen molar-refractivity contribution in [1.29, 1.82) is 0 Å². The average Bonchev–Trinajstić information content (AvgIpc) is 3.27. The maximum Gasteiger partial charge on any atom is 0.340 e. The largest absolute Gasteiger partial charge is 0.508 e. The summed E-state index contributed by atoms with van der Waals surface area (Å²) in [5.74, 6) is -1.65. The third-order valence-corrected chi connectivity index (χ3v) is 6.28. The molecule has 0 saturated carbocycles. The lowest BCUT2D eigenvalue weighted by molar-refractivity contribution is -0.392. The van der Waals surface area contributed by atoms with Crippen molar-refractivity contribution in [2.75, 3.05) is 0 Å². The second-order valence-electron chi connectivity index (χ2n) is 8.60. The van der Waals surface area contributed by atoms with Crippen molar-refractivity contribution in [2.24, 2.45) is 4.99 Å². The number of carboxylic acids is 1. The van der Waals surface area contributed by atoms with Gasteiger partial charge in [0.15, 0.2) is 5.60 Å². The van der Waals surface area contributed by atoms with E-state index in [1.54, 1.807) is 65.8 Å². The molecule has 13 nitrogen and oxygen atoms in total. The van der Waals surface area contributed by atoms with Crippen molar-refractivity contribution in [1.82, 2.24) is 0 Å². The van der Waals surface area contributed by atoms with Crippen molar-refractivity contribution in [3.8, 4) is 11.5 Å². The number of nitro groups is 2. The first-order chi connectivity index (χ1) is 20.0. The normalized spacial score (nSPS) is 12.5. The Morgan fingerprint density at radius 1 is 0.857 bits per heavy atom. The van der Waals surface area contributed by atoms with Crippen molar-refractivity contribution < 1.29 is 39.5 Å². The molecule has 14 heteroatoms. The summed E-state index contributed by atoms with van der Waals surface area (Å²) in [5, 5.41) is 51.1. The number of ether oxygens (including phenoxy) is 1. The van der Waals surface area contributed by atoms with Crippen molar-refractivity contribution in [3.05, 3.63) is 133 Å². The predicted octanol–water partition coefficient (Wildman–Crippen LogP) is 5.50. The standard InChI is InChI=1S/C20H14O4.C8H3N3O6S/c21-15-9-5-13(6-10-15)20(14-7-11-16(22)12-8-14)18-4-2-1-3-17(18)19(23)24-20;12-8(13)4-1-5(10(14)15)7(9-3-18)6(2-4)11(16)17/h1-12,21-22H;1-2H,(H,12,13). The van der Waals surface area contributed by atoms with Crippen molar-refractivity contribution in [2.45, 2.75) is 5.60 Å². The Kier molecular flexibility index (Phi) is 8.04. The lowest BCUT2D eigenvalue weighted by atomic mass is 9.80. The number of benzene rings is 4. The number of phenols is 2. The molecule has 0 unspecified atom stereocenters. The Morgan fingerprint density at radius 2 is 1.33 bits per heavy atom. The van der Waals surface area contributed by atoms with Gasteiger partial charge in [-0.1, -0.05) is 42.5 Å². The Bertz CT molecular complexity index is 1700. The van der Waals surface area contributed by atoms with Crippen LogP contribution in [0.5, 0.6) is 11.5 Å². The summed E-state index contributed by atoms with van der Waals surface area (Å²) < 4.78 is 5.87. The molecule has 4 aromatic carbocycles. The number of carbonyl (C=O) groups excluding carboxylic acids is 1. The summed E-state index contributed by atoms with van der Waals surface area (Å²) >= 11 is 4.23. The zero-order valence-corrected chi connectivity index (χ0v) is 21.8. The summed E-state index contributed by atoms with van der Waals surface area (Å²) in [6.07, 6.45) is 0. The first kappa shape index (κ1) is 29.0. The molecule has 1 aliphatic rings. The molecule has 0 amide bonds. The molecule has 42 heavy (non-hydrogen) atoms. The number of carboxylic acid groups (broad SMARTS) is 1. The zero-order valence-electron chi connectivity index (χ0n) is 21.0. The fourth-order valence-electron chi connectivity index (χ4n) is 4.37. The van der Waals surface area contributed by atoms with E-state index in [1.807, 2.05) is 12.1 Å². The highest BCUT2D eigenvalue weighted by molar-refractivity contribution is 7.78. The fourth-order valence-corrected chi connectivity index (χ4v) is 4.46. The number of rotatable bonds is 6. The predicted molar refractivity (Wildman–Crippen MR) is 149 cm³/mol. The number of phenolic OH excluding ortho intramolecular Hbond substituents is 2. The molecular weight excluding hydrogens is 570 g/mol. The summed E-state index contributed by atoms with van der Waals surface area (Å²) in [7, 11) is 0. The van der Waals surface area contributed by atoms with Crippen LogP contribution < -0.4 is 0 Å². The number of hydrogen-bond acceptors (Lipinski definition) is 11. The van der Waals surface area contributed by atoms with E-state index in [2.05, 4.69) is 17.2 Å². The highest BCUT2D eigenvalue weighted by Crippen LogP contribution is 2.47. The first-order valence-electron chi connectivity index (χ1n) is 11.7. The summed E-state index contributed by atoms with van der Waals surface area (Å²) in [6.45, 7) is 0. The highest BCUT2D eigenvalue weighted by atomic mass is 32.1. The summed E-state index contributed by atoms with van der Waals surface area (Å²) in [5.41, 5.74) is -1.26. The molecule has 1 heterocycles. The lowest BCUT2D eigenvalue weighted by Gasteiger charge is -2.30. The van der Waals surface area contributed by atoms with E-state index < -0.39 is 50.0 Å². The molecule has 3 N–H and O–H groups in total. The maximum atomic E-state index is 12.4. The van der Waals surface area contributed by atoms with E-state index in [0.29, 0.717) is 17.7 Å². The number of nitro benzene ring substituents is 2. The second kappa shape index (κ2) is 11.6. The third-order valence-electron chi connectivity index (χ3n) is 6.19. The van der Waals surface area contributed by atoms with Gasteiger partial charge in [-0.15, -0.1) is 0 Å². The summed E-state index contributed by atoms with van der Waals surface area (Å²) in [6, 6.07) is 21.8. The number of thiocarbonyl (C=S) groups is 1. The molecule has 5 rings (SSSR count). The minimum atomic E-state index is -1.53. The van der Waals surface area contributed by atoms with Gasteiger partial charge in [-0.05, 0) is 42.5 Å². The van der Waals surface area contributed by atoms with Crippen LogP contribution in [0.1, 0.15) is 37.4 Å². The number of aromatic carboxylic acids is 1. The van der Waals surface area contributed by atoms with Crippen molar-refractivity contribution in [3.63, 3.8) is 0 Å². The number of hydrogen-bond donors (Lipinski definition) is 3. The zero-order chi connectivity index (χ0) is 30.6. The van der Waals surface area contributed by atoms with E-state index in [1.165, 1.54) is 0 Å². The smallest absolute Gasteiger partial charge is 0.340 e. The molecule has 1 aliphatic heterocycles. The van der Waals surface area contributed by atoms with Crippen LogP contribution in [-0.2, 0) is 10.3 Å². The van der Waals surface area contributed by atoms with Crippen LogP contribution in [0.15, 0.2) is 89.9 Å². The average molecular weight is 588 g/mol. The van der Waals surface area contributed by atoms with Crippen LogP contribution >= 0.6 is 12.2 Å². The molecule has 210 valence electrons. The lowest BCUT2D eigenvalue weighted by Crippen LogP contribution is -2.29.